The van der Waals surface area contributed by atoms with E-state index in [4.69, 9.17) is 21.1 Å². The van der Waals surface area contributed by atoms with Crippen LogP contribution in [-0.4, -0.2) is 24.7 Å². The molecule has 0 radical (unpaired) electrons. The molecule has 0 aliphatic heterocycles. The van der Waals surface area contributed by atoms with Crippen molar-refractivity contribution in [3.63, 3.8) is 0 Å². The summed E-state index contributed by atoms with van der Waals surface area (Å²) in [7, 11) is 2.20. The van der Waals surface area contributed by atoms with Gasteiger partial charge in [0, 0.05) is 40.6 Å². The molecule has 118 valence electrons. The van der Waals surface area contributed by atoms with Gasteiger partial charge in [-0.05, 0) is 17.7 Å². The van der Waals surface area contributed by atoms with E-state index < -0.39 is 10.8 Å². The van der Waals surface area contributed by atoms with Crippen LogP contribution in [0.5, 0.6) is 11.5 Å². The summed E-state index contributed by atoms with van der Waals surface area (Å²) in [4.78, 5) is 0.814. The lowest BCUT2D eigenvalue weighted by Crippen LogP contribution is -2.02. The fraction of sp³-hybridized carbons (Fsp3) is 0.250. The third kappa shape index (κ3) is 3.93. The molecule has 0 amide bonds. The molecule has 22 heavy (non-hydrogen) atoms. The third-order valence-electron chi connectivity index (χ3n) is 3.21. The predicted octanol–water partition coefficient (Wildman–Crippen LogP) is 3.71. The Kier molecular flexibility index (Phi) is 5.69. The molecule has 0 saturated carbocycles. The van der Waals surface area contributed by atoms with E-state index in [9.17, 15) is 4.21 Å². The Bertz CT molecular complexity index is 674. The summed E-state index contributed by atoms with van der Waals surface area (Å²) in [6, 6.07) is 11.1. The van der Waals surface area contributed by atoms with Crippen molar-refractivity contribution in [2.75, 3.05) is 25.8 Å². The summed E-state index contributed by atoms with van der Waals surface area (Å²) < 4.78 is 21.9. The lowest BCUT2D eigenvalue weighted by molar-refractivity contribution is 0.404. The topological polar surface area (TPSA) is 47.6 Å². The Hall–Kier alpha value is -1.72. The number of nitrogens with one attached hydrogen (secondary N) is 1. The van der Waals surface area contributed by atoms with Crippen LogP contribution in [0.25, 0.3) is 0 Å². The van der Waals surface area contributed by atoms with E-state index in [-0.39, 0.29) is 0 Å². The molecule has 6 heteroatoms. The number of anilines is 1. The van der Waals surface area contributed by atoms with Gasteiger partial charge in [-0.15, -0.1) is 0 Å². The van der Waals surface area contributed by atoms with Gasteiger partial charge in [0.15, 0.2) is 0 Å². The van der Waals surface area contributed by atoms with E-state index in [1.807, 2.05) is 24.3 Å². The zero-order valence-corrected chi connectivity index (χ0v) is 14.3. The average Bonchev–Trinajstić information content (AvgIpc) is 2.53. The summed E-state index contributed by atoms with van der Waals surface area (Å²) in [6.07, 6.45) is 1.66. The second kappa shape index (κ2) is 7.51. The number of benzene rings is 2. The highest BCUT2D eigenvalue weighted by Crippen LogP contribution is 2.36. The second-order valence-corrected chi connectivity index (χ2v) is 6.43. The first-order chi connectivity index (χ1) is 10.5. The van der Waals surface area contributed by atoms with Gasteiger partial charge in [0.25, 0.3) is 0 Å². The Morgan fingerprint density at radius 2 is 1.73 bits per heavy atom. The molecule has 1 N–H and O–H groups in total. The smallest absolute Gasteiger partial charge is 0.143 e. The Labute approximate surface area is 137 Å². The normalized spacial score (nSPS) is 11.8. The van der Waals surface area contributed by atoms with E-state index in [0.717, 1.165) is 16.1 Å². The van der Waals surface area contributed by atoms with E-state index >= 15 is 0 Å². The van der Waals surface area contributed by atoms with E-state index in [1.54, 1.807) is 32.6 Å². The fourth-order valence-electron chi connectivity index (χ4n) is 1.99. The third-order valence-corrected chi connectivity index (χ3v) is 4.44. The van der Waals surface area contributed by atoms with Gasteiger partial charge in [-0.2, -0.15) is 0 Å². The first kappa shape index (κ1) is 16.6. The van der Waals surface area contributed by atoms with E-state index in [2.05, 4.69) is 5.32 Å². The number of hydrogen-bond donors (Lipinski definition) is 1. The molecule has 2 aromatic rings. The van der Waals surface area contributed by atoms with Crippen LogP contribution in [0.2, 0.25) is 5.02 Å². The SMILES string of the molecule is COc1cc(NCc2ccc(S(C)=O)cc2)c(OC)cc1Cl. The molecule has 0 aliphatic rings. The van der Waals surface area contributed by atoms with Crippen LogP contribution >= 0.6 is 11.6 Å². The van der Waals surface area contributed by atoms with Gasteiger partial charge in [-0.3, -0.25) is 4.21 Å². The highest BCUT2D eigenvalue weighted by atomic mass is 35.5. The minimum Gasteiger partial charge on any atom is -0.495 e. The summed E-state index contributed by atoms with van der Waals surface area (Å²) >= 11 is 6.08. The molecular formula is C16H18ClNO3S. The van der Waals surface area contributed by atoms with Crippen LogP contribution in [0.15, 0.2) is 41.3 Å². The molecule has 1 atom stereocenters. The van der Waals surface area contributed by atoms with E-state index in [1.165, 1.54) is 0 Å². The Morgan fingerprint density at radius 3 is 2.27 bits per heavy atom. The number of methoxy groups -OCH3 is 2. The molecule has 0 fully saturated rings. The van der Waals surface area contributed by atoms with Crippen molar-refractivity contribution in [1.29, 1.82) is 0 Å². The number of hydrogen-bond acceptors (Lipinski definition) is 4. The van der Waals surface area contributed by atoms with Crippen LogP contribution in [0.1, 0.15) is 5.56 Å². The molecular weight excluding hydrogens is 322 g/mol. The second-order valence-electron chi connectivity index (χ2n) is 4.64. The standard InChI is InChI=1S/C16H18ClNO3S/c1-20-15-9-14(16(21-2)8-13(15)17)18-10-11-4-6-12(7-5-11)22(3)19/h4-9,18H,10H2,1-3H3. The highest BCUT2D eigenvalue weighted by Gasteiger charge is 2.09. The molecule has 0 spiro atoms. The quantitative estimate of drug-likeness (QED) is 0.871. The summed E-state index contributed by atoms with van der Waals surface area (Å²) in [5.74, 6) is 1.23. The number of rotatable bonds is 6. The number of halogens is 1. The number of ether oxygens (including phenoxy) is 2. The Balaban J connectivity index is 2.15. The maximum absolute atomic E-state index is 11.4. The first-order valence-electron chi connectivity index (χ1n) is 6.63. The largest absolute Gasteiger partial charge is 0.495 e. The van der Waals surface area contributed by atoms with Crippen LogP contribution in [0.3, 0.4) is 0 Å². The van der Waals surface area contributed by atoms with Crippen molar-refractivity contribution >= 4 is 28.1 Å². The molecule has 2 aromatic carbocycles. The predicted molar refractivity (Wildman–Crippen MR) is 90.7 cm³/mol. The van der Waals surface area contributed by atoms with Crippen LogP contribution in [-0.2, 0) is 17.3 Å². The minimum atomic E-state index is -0.961. The average molecular weight is 340 g/mol. The molecule has 1 unspecified atom stereocenters. The molecule has 0 saturated heterocycles. The van der Waals surface area contributed by atoms with E-state index in [0.29, 0.717) is 23.1 Å². The van der Waals surface area contributed by atoms with Crippen LogP contribution in [0.4, 0.5) is 5.69 Å². The van der Waals surface area contributed by atoms with Crippen molar-refractivity contribution in [1.82, 2.24) is 0 Å². The maximum atomic E-state index is 11.4. The zero-order valence-electron chi connectivity index (χ0n) is 12.7. The maximum Gasteiger partial charge on any atom is 0.143 e. The van der Waals surface area contributed by atoms with Gasteiger partial charge in [-0.25, -0.2) is 0 Å². The lowest BCUT2D eigenvalue weighted by Gasteiger charge is -2.14. The van der Waals surface area contributed by atoms with Gasteiger partial charge < -0.3 is 14.8 Å². The first-order valence-corrected chi connectivity index (χ1v) is 8.56. The molecule has 0 heterocycles. The van der Waals surface area contributed by atoms with Gasteiger partial charge in [0.1, 0.15) is 11.5 Å². The lowest BCUT2D eigenvalue weighted by atomic mass is 10.2. The van der Waals surface area contributed by atoms with Crippen molar-refractivity contribution in [2.24, 2.45) is 0 Å². The van der Waals surface area contributed by atoms with Crippen LogP contribution in [0, 0.1) is 0 Å². The summed E-state index contributed by atoms with van der Waals surface area (Å²) in [6.45, 7) is 0.609. The van der Waals surface area contributed by atoms with Gasteiger partial charge in [0.05, 0.1) is 24.9 Å². The van der Waals surface area contributed by atoms with Crippen molar-refractivity contribution in [3.8, 4) is 11.5 Å². The van der Waals surface area contributed by atoms with Crippen molar-refractivity contribution < 1.29 is 13.7 Å². The van der Waals surface area contributed by atoms with Gasteiger partial charge in [-0.1, -0.05) is 23.7 Å². The van der Waals surface area contributed by atoms with Crippen molar-refractivity contribution in [3.05, 3.63) is 47.0 Å². The Morgan fingerprint density at radius 1 is 1.09 bits per heavy atom. The summed E-state index contributed by atoms with van der Waals surface area (Å²) in [5.41, 5.74) is 1.87. The molecule has 0 bridgehead atoms. The molecule has 0 aromatic heterocycles. The monoisotopic (exact) mass is 339 g/mol. The molecule has 0 aliphatic carbocycles. The van der Waals surface area contributed by atoms with Gasteiger partial charge >= 0.3 is 0 Å². The van der Waals surface area contributed by atoms with Crippen LogP contribution < -0.4 is 14.8 Å². The molecule has 4 nitrogen and oxygen atoms in total. The summed E-state index contributed by atoms with van der Waals surface area (Å²) in [5, 5.41) is 3.79. The zero-order chi connectivity index (χ0) is 16.1. The van der Waals surface area contributed by atoms with Gasteiger partial charge in [0.2, 0.25) is 0 Å². The molecule has 2 rings (SSSR count). The van der Waals surface area contributed by atoms with Crippen molar-refractivity contribution in [2.45, 2.75) is 11.4 Å². The minimum absolute atomic E-state index is 0.500. The highest BCUT2D eigenvalue weighted by molar-refractivity contribution is 7.84. The fourth-order valence-corrected chi connectivity index (χ4v) is 2.74.